The summed E-state index contributed by atoms with van der Waals surface area (Å²) in [5.41, 5.74) is 2.92. The minimum atomic E-state index is 0.572. The van der Waals surface area contributed by atoms with Crippen LogP contribution in [0.5, 0.6) is 0 Å². The highest BCUT2D eigenvalue weighted by atomic mass is 35.5. The van der Waals surface area contributed by atoms with Gasteiger partial charge in [0.05, 0.1) is 33.3 Å². The predicted octanol–water partition coefficient (Wildman–Crippen LogP) is 5.45. The average molecular weight is 401 g/mol. The van der Waals surface area contributed by atoms with Crippen LogP contribution in [0.15, 0.2) is 36.4 Å². The molecule has 0 aliphatic rings. The molecule has 0 fully saturated rings. The van der Waals surface area contributed by atoms with Crippen molar-refractivity contribution < 1.29 is 9.59 Å². The number of halogens is 2. The van der Waals surface area contributed by atoms with E-state index in [1.165, 1.54) is 8.61 Å². The van der Waals surface area contributed by atoms with E-state index in [1.807, 2.05) is 13.8 Å². The third-order valence-electron chi connectivity index (χ3n) is 3.34. The summed E-state index contributed by atoms with van der Waals surface area (Å²) in [7, 11) is 2.23. The molecule has 0 spiro atoms. The third-order valence-corrected chi connectivity index (χ3v) is 6.27. The summed E-state index contributed by atoms with van der Waals surface area (Å²) in [6, 6.07) is 10.6. The zero-order chi connectivity index (χ0) is 17.7. The van der Waals surface area contributed by atoms with Crippen molar-refractivity contribution in [2.24, 2.45) is 0 Å². The van der Waals surface area contributed by atoms with Crippen LogP contribution in [0, 0.1) is 13.8 Å². The van der Waals surface area contributed by atoms with Crippen LogP contribution in [0.4, 0.5) is 11.4 Å². The number of amides is 2. The van der Waals surface area contributed by atoms with E-state index in [4.69, 9.17) is 23.2 Å². The Bertz CT molecular complexity index is 695. The standard InChI is InChI=1S/C16H14Cl2N2O2S2/c1-11-13(17)5-3-7-15(11)19(9-21)23-24-20(10-22)16-8-4-6-14(18)12(16)2/h3-10H,1-2H3. The molecule has 2 aromatic rings. The number of benzene rings is 2. The van der Waals surface area contributed by atoms with Gasteiger partial charge in [-0.05, 0) is 49.2 Å². The molecule has 8 heteroatoms. The number of carbonyl (C=O) groups excluding carboxylic acids is 2. The molecule has 0 aliphatic carbocycles. The van der Waals surface area contributed by atoms with Gasteiger partial charge in [0.25, 0.3) is 0 Å². The van der Waals surface area contributed by atoms with E-state index >= 15 is 0 Å². The predicted molar refractivity (Wildman–Crippen MR) is 105 cm³/mol. The first-order valence-electron chi connectivity index (χ1n) is 6.83. The van der Waals surface area contributed by atoms with E-state index in [1.54, 1.807) is 36.4 Å². The van der Waals surface area contributed by atoms with E-state index in [0.717, 1.165) is 33.1 Å². The highest BCUT2D eigenvalue weighted by Crippen LogP contribution is 2.39. The molecule has 0 N–H and O–H groups in total. The average Bonchev–Trinajstić information content (AvgIpc) is 2.58. The van der Waals surface area contributed by atoms with Gasteiger partial charge in [-0.25, -0.2) is 8.61 Å². The highest BCUT2D eigenvalue weighted by molar-refractivity contribution is 8.78. The topological polar surface area (TPSA) is 40.6 Å². The van der Waals surface area contributed by atoms with Crippen molar-refractivity contribution in [2.75, 3.05) is 8.61 Å². The number of rotatable bonds is 7. The Morgan fingerprint density at radius 1 is 0.792 bits per heavy atom. The molecule has 4 nitrogen and oxygen atoms in total. The van der Waals surface area contributed by atoms with E-state index in [0.29, 0.717) is 34.2 Å². The first-order valence-corrected chi connectivity index (χ1v) is 9.65. The van der Waals surface area contributed by atoms with Crippen molar-refractivity contribution in [3.63, 3.8) is 0 Å². The maximum Gasteiger partial charge on any atom is 0.224 e. The second-order valence-electron chi connectivity index (χ2n) is 4.78. The van der Waals surface area contributed by atoms with Crippen LogP contribution in [0.25, 0.3) is 0 Å². The summed E-state index contributed by atoms with van der Waals surface area (Å²) >= 11 is 12.2. The number of nitrogens with zero attached hydrogens (tertiary/aromatic N) is 2. The Balaban J connectivity index is 2.19. The molecule has 0 radical (unpaired) electrons. The van der Waals surface area contributed by atoms with Gasteiger partial charge < -0.3 is 0 Å². The van der Waals surface area contributed by atoms with E-state index in [-0.39, 0.29) is 0 Å². The van der Waals surface area contributed by atoms with Gasteiger partial charge >= 0.3 is 0 Å². The molecule has 0 bridgehead atoms. The molecular formula is C16H14Cl2N2O2S2. The lowest BCUT2D eigenvalue weighted by atomic mass is 10.2. The fourth-order valence-corrected chi connectivity index (χ4v) is 4.20. The van der Waals surface area contributed by atoms with Gasteiger partial charge in [0.15, 0.2) is 0 Å². The van der Waals surface area contributed by atoms with E-state index in [9.17, 15) is 9.59 Å². The minimum absolute atomic E-state index is 0.572. The summed E-state index contributed by atoms with van der Waals surface area (Å²) in [6.45, 7) is 3.66. The minimum Gasteiger partial charge on any atom is -0.277 e. The monoisotopic (exact) mass is 400 g/mol. The van der Waals surface area contributed by atoms with Crippen molar-refractivity contribution >= 4 is 69.4 Å². The zero-order valence-electron chi connectivity index (χ0n) is 12.9. The molecule has 0 aromatic heterocycles. The van der Waals surface area contributed by atoms with Gasteiger partial charge in [-0.3, -0.25) is 9.59 Å². The fourth-order valence-electron chi connectivity index (χ4n) is 1.97. The van der Waals surface area contributed by atoms with Crippen LogP contribution in [-0.4, -0.2) is 12.8 Å². The van der Waals surface area contributed by atoms with Crippen molar-refractivity contribution in [3.05, 3.63) is 57.6 Å². The maximum atomic E-state index is 11.4. The smallest absolute Gasteiger partial charge is 0.224 e. The van der Waals surface area contributed by atoms with Gasteiger partial charge in [0.2, 0.25) is 12.8 Å². The lowest BCUT2D eigenvalue weighted by Gasteiger charge is -2.22. The van der Waals surface area contributed by atoms with E-state index in [2.05, 4.69) is 0 Å². The molecular weight excluding hydrogens is 387 g/mol. The molecule has 2 rings (SSSR count). The van der Waals surface area contributed by atoms with Crippen LogP contribution < -0.4 is 8.61 Å². The molecule has 24 heavy (non-hydrogen) atoms. The summed E-state index contributed by atoms with van der Waals surface area (Å²) in [4.78, 5) is 22.9. The number of hydrogen-bond acceptors (Lipinski definition) is 4. The Kier molecular flexibility index (Phi) is 6.86. The summed E-state index contributed by atoms with van der Waals surface area (Å²) in [6.07, 6.45) is 1.37. The quantitative estimate of drug-likeness (QED) is 0.352. The van der Waals surface area contributed by atoms with Gasteiger partial charge in [-0.2, -0.15) is 0 Å². The molecule has 126 valence electrons. The maximum absolute atomic E-state index is 11.4. The van der Waals surface area contributed by atoms with Crippen molar-refractivity contribution in [3.8, 4) is 0 Å². The zero-order valence-corrected chi connectivity index (χ0v) is 16.0. The first kappa shape index (κ1) is 19.0. The molecule has 0 saturated heterocycles. The Morgan fingerprint density at radius 3 is 1.50 bits per heavy atom. The molecule has 2 amide bonds. The van der Waals surface area contributed by atoms with Crippen LogP contribution in [0.1, 0.15) is 11.1 Å². The Labute approximate surface area is 158 Å². The van der Waals surface area contributed by atoms with Crippen LogP contribution in [-0.2, 0) is 9.59 Å². The number of anilines is 2. The Morgan fingerprint density at radius 2 is 1.17 bits per heavy atom. The highest BCUT2D eigenvalue weighted by Gasteiger charge is 2.16. The second kappa shape index (κ2) is 8.67. The van der Waals surface area contributed by atoms with Crippen LogP contribution in [0.2, 0.25) is 10.0 Å². The van der Waals surface area contributed by atoms with Gasteiger partial charge in [0, 0.05) is 10.0 Å². The largest absolute Gasteiger partial charge is 0.277 e. The SMILES string of the molecule is Cc1c(Cl)cccc1N(C=O)SSN(C=O)c1cccc(Cl)c1C. The summed E-state index contributed by atoms with van der Waals surface area (Å²) < 4.78 is 2.84. The third kappa shape index (κ3) is 4.19. The molecule has 2 aromatic carbocycles. The second-order valence-corrected chi connectivity index (χ2v) is 7.57. The first-order chi connectivity index (χ1) is 11.5. The normalized spacial score (nSPS) is 10.3. The van der Waals surface area contributed by atoms with E-state index < -0.39 is 0 Å². The molecule has 0 saturated carbocycles. The summed E-state index contributed by atoms with van der Waals surface area (Å²) in [5.74, 6) is 0. The van der Waals surface area contributed by atoms with Crippen LogP contribution >= 0.6 is 45.2 Å². The van der Waals surface area contributed by atoms with Gasteiger partial charge in [0.1, 0.15) is 0 Å². The molecule has 0 atom stereocenters. The van der Waals surface area contributed by atoms with Gasteiger partial charge in [-0.15, -0.1) is 0 Å². The van der Waals surface area contributed by atoms with Crippen molar-refractivity contribution in [1.29, 1.82) is 0 Å². The Hall–Kier alpha value is -1.34. The van der Waals surface area contributed by atoms with Gasteiger partial charge in [-0.1, -0.05) is 35.3 Å². The van der Waals surface area contributed by atoms with Crippen LogP contribution in [0.3, 0.4) is 0 Å². The molecule has 0 heterocycles. The molecule has 0 unspecified atom stereocenters. The number of hydrogen-bond donors (Lipinski definition) is 0. The fraction of sp³-hybridized carbons (Fsp3) is 0.125. The lowest BCUT2D eigenvalue weighted by Crippen LogP contribution is -2.16. The summed E-state index contributed by atoms with van der Waals surface area (Å²) in [5, 5.41) is 1.14. The van der Waals surface area contributed by atoms with Crippen molar-refractivity contribution in [1.82, 2.24) is 0 Å². The molecule has 0 aliphatic heterocycles. The lowest BCUT2D eigenvalue weighted by molar-refractivity contribution is -0.107. The van der Waals surface area contributed by atoms with Crippen molar-refractivity contribution in [2.45, 2.75) is 13.8 Å². The number of carbonyl (C=O) groups is 2.